The van der Waals surface area contributed by atoms with Crippen LogP contribution in [0.15, 0.2) is 41.9 Å². The standard InChI is InChI=1S/C17H21F3N2/c1-2-11-21-16(22-12-5-3-4-6-13-22)14-7-9-15(10-8-14)17(18,19)20/h2,7-10H,1,3-6,11-13H2. The molecule has 0 bridgehead atoms. The van der Waals surface area contributed by atoms with Crippen molar-refractivity contribution in [1.82, 2.24) is 4.90 Å². The number of aliphatic imine (C=N–C) groups is 1. The molecule has 1 aromatic carbocycles. The van der Waals surface area contributed by atoms with Crippen molar-refractivity contribution in [3.8, 4) is 0 Å². The maximum absolute atomic E-state index is 12.7. The normalized spacial score (nSPS) is 17.2. The van der Waals surface area contributed by atoms with Crippen LogP contribution < -0.4 is 0 Å². The molecule has 0 N–H and O–H groups in total. The smallest absolute Gasteiger partial charge is 0.356 e. The lowest BCUT2D eigenvalue weighted by Gasteiger charge is -2.25. The number of likely N-dealkylation sites (tertiary alicyclic amines) is 1. The van der Waals surface area contributed by atoms with Crippen molar-refractivity contribution in [2.45, 2.75) is 31.9 Å². The zero-order valence-corrected chi connectivity index (χ0v) is 12.6. The SMILES string of the molecule is C=CCN=C(c1ccc(C(F)(F)F)cc1)N1CCCCCC1. The maximum atomic E-state index is 12.7. The molecule has 1 fully saturated rings. The quantitative estimate of drug-likeness (QED) is 0.455. The zero-order chi connectivity index (χ0) is 16.0. The highest BCUT2D eigenvalue weighted by Crippen LogP contribution is 2.29. The first-order valence-corrected chi connectivity index (χ1v) is 7.60. The lowest BCUT2D eigenvalue weighted by Crippen LogP contribution is -2.33. The number of nitrogens with zero attached hydrogens (tertiary/aromatic N) is 2. The molecule has 0 atom stereocenters. The maximum Gasteiger partial charge on any atom is 0.416 e. The van der Waals surface area contributed by atoms with Gasteiger partial charge in [0.05, 0.1) is 12.1 Å². The van der Waals surface area contributed by atoms with Gasteiger partial charge in [-0.15, -0.1) is 6.58 Å². The molecular weight excluding hydrogens is 289 g/mol. The molecule has 22 heavy (non-hydrogen) atoms. The van der Waals surface area contributed by atoms with Gasteiger partial charge in [0.15, 0.2) is 0 Å². The fraction of sp³-hybridized carbons (Fsp3) is 0.471. The first-order valence-electron chi connectivity index (χ1n) is 7.60. The number of alkyl halides is 3. The van der Waals surface area contributed by atoms with Crippen molar-refractivity contribution in [1.29, 1.82) is 0 Å². The lowest BCUT2D eigenvalue weighted by atomic mass is 10.1. The minimum atomic E-state index is -4.31. The Morgan fingerprint density at radius 1 is 1.09 bits per heavy atom. The molecule has 1 aliphatic heterocycles. The van der Waals surface area contributed by atoms with Crippen LogP contribution in [0.4, 0.5) is 13.2 Å². The summed E-state index contributed by atoms with van der Waals surface area (Å²) in [5, 5.41) is 0. The molecule has 0 aromatic heterocycles. The molecule has 1 aliphatic rings. The van der Waals surface area contributed by atoms with E-state index >= 15 is 0 Å². The molecule has 0 spiro atoms. The van der Waals surface area contributed by atoms with Crippen LogP contribution in [0.3, 0.4) is 0 Å². The number of hydrogen-bond acceptors (Lipinski definition) is 1. The Hall–Kier alpha value is -1.78. The summed E-state index contributed by atoms with van der Waals surface area (Å²) in [7, 11) is 0. The molecule has 1 heterocycles. The monoisotopic (exact) mass is 310 g/mol. The molecular formula is C17H21F3N2. The van der Waals surface area contributed by atoms with Gasteiger partial charge in [0.2, 0.25) is 0 Å². The second-order valence-corrected chi connectivity index (χ2v) is 5.43. The highest BCUT2D eigenvalue weighted by Gasteiger charge is 2.30. The average molecular weight is 310 g/mol. The number of hydrogen-bond donors (Lipinski definition) is 0. The third-order valence-corrected chi connectivity index (χ3v) is 3.75. The Kier molecular flexibility index (Phi) is 5.63. The Morgan fingerprint density at radius 2 is 1.68 bits per heavy atom. The predicted molar refractivity (Wildman–Crippen MR) is 83.1 cm³/mol. The van der Waals surface area contributed by atoms with E-state index in [0.717, 1.165) is 49.5 Å². The Bertz CT molecular complexity index is 510. The summed E-state index contributed by atoms with van der Waals surface area (Å²) < 4.78 is 38.0. The van der Waals surface area contributed by atoms with E-state index in [1.165, 1.54) is 25.0 Å². The number of benzene rings is 1. The van der Waals surface area contributed by atoms with E-state index in [4.69, 9.17) is 0 Å². The third kappa shape index (κ3) is 4.36. The number of rotatable bonds is 3. The summed E-state index contributed by atoms with van der Waals surface area (Å²) in [5.74, 6) is 0.774. The van der Waals surface area contributed by atoms with Crippen molar-refractivity contribution in [2.75, 3.05) is 19.6 Å². The van der Waals surface area contributed by atoms with Gasteiger partial charge in [-0.2, -0.15) is 13.2 Å². The first-order chi connectivity index (χ1) is 10.5. The lowest BCUT2D eigenvalue weighted by molar-refractivity contribution is -0.137. The van der Waals surface area contributed by atoms with Gasteiger partial charge in [-0.3, -0.25) is 4.99 Å². The topological polar surface area (TPSA) is 15.6 Å². The highest BCUT2D eigenvalue weighted by atomic mass is 19.4. The molecule has 0 radical (unpaired) electrons. The molecule has 1 saturated heterocycles. The molecule has 0 aliphatic carbocycles. The van der Waals surface area contributed by atoms with Crippen molar-refractivity contribution in [2.24, 2.45) is 4.99 Å². The molecule has 1 aromatic rings. The van der Waals surface area contributed by atoms with Crippen LogP contribution in [-0.2, 0) is 6.18 Å². The zero-order valence-electron chi connectivity index (χ0n) is 12.6. The minimum absolute atomic E-state index is 0.465. The van der Waals surface area contributed by atoms with Gasteiger partial charge in [0, 0.05) is 18.7 Å². The largest absolute Gasteiger partial charge is 0.416 e. The Balaban J connectivity index is 2.26. The Morgan fingerprint density at radius 3 is 2.18 bits per heavy atom. The van der Waals surface area contributed by atoms with Crippen molar-refractivity contribution >= 4 is 5.84 Å². The van der Waals surface area contributed by atoms with E-state index in [-0.39, 0.29) is 0 Å². The van der Waals surface area contributed by atoms with Crippen LogP contribution in [0.25, 0.3) is 0 Å². The van der Waals surface area contributed by atoms with Gasteiger partial charge in [0.1, 0.15) is 5.84 Å². The van der Waals surface area contributed by atoms with Gasteiger partial charge in [-0.25, -0.2) is 0 Å². The summed E-state index contributed by atoms with van der Waals surface area (Å²) in [6.45, 7) is 5.93. The second kappa shape index (κ2) is 7.47. The third-order valence-electron chi connectivity index (χ3n) is 3.75. The summed E-state index contributed by atoms with van der Waals surface area (Å²) in [4.78, 5) is 6.69. The predicted octanol–water partition coefficient (Wildman–Crippen LogP) is 4.51. The van der Waals surface area contributed by atoms with Crippen LogP contribution in [-0.4, -0.2) is 30.4 Å². The summed E-state index contributed by atoms with van der Waals surface area (Å²) >= 11 is 0. The van der Waals surface area contributed by atoms with E-state index in [1.54, 1.807) is 6.08 Å². The van der Waals surface area contributed by atoms with E-state index in [0.29, 0.717) is 6.54 Å². The Labute approximate surface area is 129 Å². The molecule has 2 nitrogen and oxygen atoms in total. The molecule has 0 unspecified atom stereocenters. The van der Waals surface area contributed by atoms with E-state index in [1.807, 2.05) is 0 Å². The van der Waals surface area contributed by atoms with Gasteiger partial charge < -0.3 is 4.90 Å². The molecule has 0 saturated carbocycles. The van der Waals surface area contributed by atoms with E-state index < -0.39 is 11.7 Å². The van der Waals surface area contributed by atoms with Gasteiger partial charge in [-0.1, -0.05) is 31.1 Å². The molecule has 5 heteroatoms. The fourth-order valence-electron chi connectivity index (χ4n) is 2.62. The summed E-state index contributed by atoms with van der Waals surface area (Å²) in [6.07, 6.45) is 1.96. The van der Waals surface area contributed by atoms with E-state index in [2.05, 4.69) is 16.5 Å². The van der Waals surface area contributed by atoms with Gasteiger partial charge in [0.25, 0.3) is 0 Å². The van der Waals surface area contributed by atoms with Crippen LogP contribution in [0, 0.1) is 0 Å². The van der Waals surface area contributed by atoms with Crippen molar-refractivity contribution < 1.29 is 13.2 Å². The summed E-state index contributed by atoms with van der Waals surface area (Å²) in [6, 6.07) is 5.26. The average Bonchev–Trinajstić information content (AvgIpc) is 2.76. The molecule has 2 rings (SSSR count). The number of halogens is 3. The van der Waals surface area contributed by atoms with Crippen LogP contribution in [0.1, 0.15) is 36.8 Å². The van der Waals surface area contributed by atoms with Gasteiger partial charge >= 0.3 is 6.18 Å². The van der Waals surface area contributed by atoms with Crippen molar-refractivity contribution in [3.63, 3.8) is 0 Å². The number of amidine groups is 1. The van der Waals surface area contributed by atoms with Crippen LogP contribution >= 0.6 is 0 Å². The first kappa shape index (κ1) is 16.6. The highest BCUT2D eigenvalue weighted by molar-refractivity contribution is 5.98. The molecule has 0 amide bonds. The van der Waals surface area contributed by atoms with Crippen LogP contribution in [0.5, 0.6) is 0 Å². The minimum Gasteiger partial charge on any atom is -0.356 e. The van der Waals surface area contributed by atoms with Crippen LogP contribution in [0.2, 0.25) is 0 Å². The second-order valence-electron chi connectivity index (χ2n) is 5.43. The van der Waals surface area contributed by atoms with E-state index in [9.17, 15) is 13.2 Å². The molecule has 120 valence electrons. The summed E-state index contributed by atoms with van der Waals surface area (Å²) in [5.41, 5.74) is 0.104. The van der Waals surface area contributed by atoms with Crippen molar-refractivity contribution in [3.05, 3.63) is 48.0 Å². The fourth-order valence-corrected chi connectivity index (χ4v) is 2.62. The van der Waals surface area contributed by atoms with Gasteiger partial charge in [-0.05, 0) is 25.0 Å².